The number of hydrogen-bond acceptors (Lipinski definition) is 6. The first-order valence-corrected chi connectivity index (χ1v) is 9.95. The summed E-state index contributed by atoms with van der Waals surface area (Å²) in [5.41, 5.74) is 3.68. The van der Waals surface area contributed by atoms with Crippen LogP contribution >= 0.6 is 0 Å². The third-order valence-corrected chi connectivity index (χ3v) is 5.47. The SMILES string of the molecule is COc1cc(C(=O)Nc2ccc3c(=O)c4cc(C)c(C)cc4oc3c2)cc(OC)c1OC. The number of rotatable bonds is 5. The van der Waals surface area contributed by atoms with Crippen LogP contribution < -0.4 is 25.0 Å². The van der Waals surface area contributed by atoms with Crippen LogP contribution in [0, 0.1) is 13.8 Å². The number of methoxy groups -OCH3 is 3. The van der Waals surface area contributed by atoms with Gasteiger partial charge in [-0.3, -0.25) is 9.59 Å². The third kappa shape index (κ3) is 3.62. The van der Waals surface area contributed by atoms with Gasteiger partial charge in [-0.2, -0.15) is 0 Å². The van der Waals surface area contributed by atoms with Gasteiger partial charge >= 0.3 is 0 Å². The molecule has 32 heavy (non-hydrogen) atoms. The van der Waals surface area contributed by atoms with E-state index in [1.807, 2.05) is 26.0 Å². The fourth-order valence-corrected chi connectivity index (χ4v) is 3.60. The number of ether oxygens (including phenoxy) is 3. The van der Waals surface area contributed by atoms with Crippen LogP contribution in [-0.2, 0) is 0 Å². The third-order valence-electron chi connectivity index (χ3n) is 5.47. The second-order valence-electron chi connectivity index (χ2n) is 7.44. The van der Waals surface area contributed by atoms with Gasteiger partial charge < -0.3 is 23.9 Å². The monoisotopic (exact) mass is 433 g/mol. The Morgan fingerprint density at radius 3 is 2.06 bits per heavy atom. The van der Waals surface area contributed by atoms with Crippen molar-refractivity contribution in [2.75, 3.05) is 26.6 Å². The van der Waals surface area contributed by atoms with Crippen molar-refractivity contribution in [2.24, 2.45) is 0 Å². The molecule has 0 saturated carbocycles. The summed E-state index contributed by atoms with van der Waals surface area (Å²) < 4.78 is 21.9. The van der Waals surface area contributed by atoms with Crippen molar-refractivity contribution < 1.29 is 23.4 Å². The predicted molar refractivity (Wildman–Crippen MR) is 124 cm³/mol. The molecule has 0 atom stereocenters. The number of nitrogens with one attached hydrogen (secondary N) is 1. The average Bonchev–Trinajstić information content (AvgIpc) is 2.79. The Labute approximate surface area is 184 Å². The molecule has 0 aliphatic carbocycles. The number of hydrogen-bond donors (Lipinski definition) is 1. The van der Waals surface area contributed by atoms with Crippen LogP contribution in [0.15, 0.2) is 51.7 Å². The molecular weight excluding hydrogens is 410 g/mol. The highest BCUT2D eigenvalue weighted by Crippen LogP contribution is 2.38. The molecular formula is C25H23NO6. The van der Waals surface area contributed by atoms with Crippen molar-refractivity contribution in [3.63, 3.8) is 0 Å². The highest BCUT2D eigenvalue weighted by molar-refractivity contribution is 6.06. The Kier molecular flexibility index (Phi) is 5.48. The van der Waals surface area contributed by atoms with Gasteiger partial charge in [0.15, 0.2) is 11.5 Å². The Bertz CT molecular complexity index is 1390. The largest absolute Gasteiger partial charge is 0.493 e. The van der Waals surface area contributed by atoms with Gasteiger partial charge in [0.1, 0.15) is 11.2 Å². The molecule has 164 valence electrons. The predicted octanol–water partition coefficient (Wildman–Crippen LogP) is 4.84. The molecule has 4 rings (SSSR count). The van der Waals surface area contributed by atoms with E-state index < -0.39 is 0 Å². The zero-order valence-electron chi connectivity index (χ0n) is 18.5. The van der Waals surface area contributed by atoms with Crippen LogP contribution in [0.25, 0.3) is 21.9 Å². The Balaban J connectivity index is 1.73. The van der Waals surface area contributed by atoms with E-state index in [1.54, 1.807) is 30.3 Å². The summed E-state index contributed by atoms with van der Waals surface area (Å²) in [4.78, 5) is 25.8. The molecule has 3 aromatic carbocycles. The molecule has 1 heterocycles. The fourth-order valence-electron chi connectivity index (χ4n) is 3.60. The number of fused-ring (bicyclic) bond motifs is 2. The first kappa shape index (κ1) is 21.2. The van der Waals surface area contributed by atoms with Crippen LogP contribution in [0.1, 0.15) is 21.5 Å². The second-order valence-corrected chi connectivity index (χ2v) is 7.44. The van der Waals surface area contributed by atoms with Gasteiger partial charge in [-0.25, -0.2) is 0 Å². The average molecular weight is 433 g/mol. The number of benzene rings is 3. The molecule has 0 aliphatic heterocycles. The summed E-state index contributed by atoms with van der Waals surface area (Å²) in [6.45, 7) is 3.92. The van der Waals surface area contributed by atoms with E-state index in [2.05, 4.69) is 5.32 Å². The van der Waals surface area contributed by atoms with Crippen molar-refractivity contribution in [1.29, 1.82) is 0 Å². The van der Waals surface area contributed by atoms with Gasteiger partial charge in [0.05, 0.1) is 32.1 Å². The van der Waals surface area contributed by atoms with Gasteiger partial charge in [-0.05, 0) is 61.4 Å². The van der Waals surface area contributed by atoms with E-state index in [0.717, 1.165) is 11.1 Å². The van der Waals surface area contributed by atoms with Crippen LogP contribution in [0.5, 0.6) is 17.2 Å². The highest BCUT2D eigenvalue weighted by atomic mass is 16.5. The number of carbonyl (C=O) groups excluding carboxylic acids is 1. The molecule has 0 saturated heterocycles. The van der Waals surface area contributed by atoms with Gasteiger partial charge in [-0.15, -0.1) is 0 Å². The number of carbonyl (C=O) groups is 1. The van der Waals surface area contributed by atoms with Crippen LogP contribution in [0.3, 0.4) is 0 Å². The quantitative estimate of drug-likeness (QED) is 0.453. The highest BCUT2D eigenvalue weighted by Gasteiger charge is 2.18. The Morgan fingerprint density at radius 2 is 1.44 bits per heavy atom. The minimum Gasteiger partial charge on any atom is -0.493 e. The maximum atomic E-state index is 12.9. The van der Waals surface area contributed by atoms with Crippen LogP contribution in [-0.4, -0.2) is 27.2 Å². The molecule has 0 bridgehead atoms. The van der Waals surface area contributed by atoms with E-state index in [0.29, 0.717) is 50.4 Å². The second kappa shape index (κ2) is 8.26. The Morgan fingerprint density at radius 1 is 0.812 bits per heavy atom. The number of amides is 1. The standard InChI is InChI=1S/C25H23NO6/c1-13-8-18-19(9-14(13)2)32-20-12-16(6-7-17(20)23(18)27)26-25(28)15-10-21(29-3)24(31-5)22(11-15)30-4/h6-12H,1-5H3,(H,26,28). The molecule has 1 amide bonds. The summed E-state index contributed by atoms with van der Waals surface area (Å²) in [5, 5.41) is 3.81. The lowest BCUT2D eigenvalue weighted by atomic mass is 10.1. The van der Waals surface area contributed by atoms with Crippen molar-refractivity contribution in [3.8, 4) is 17.2 Å². The van der Waals surface area contributed by atoms with Crippen molar-refractivity contribution in [2.45, 2.75) is 13.8 Å². The summed E-state index contributed by atoms with van der Waals surface area (Å²) >= 11 is 0. The zero-order chi connectivity index (χ0) is 23.0. The Hall–Kier alpha value is -4.00. The number of anilines is 1. The first-order valence-electron chi connectivity index (χ1n) is 9.95. The molecule has 0 unspecified atom stereocenters. The zero-order valence-corrected chi connectivity index (χ0v) is 18.5. The summed E-state index contributed by atoms with van der Waals surface area (Å²) in [7, 11) is 4.46. The minimum absolute atomic E-state index is 0.105. The minimum atomic E-state index is -0.377. The lowest BCUT2D eigenvalue weighted by Gasteiger charge is -2.14. The molecule has 7 nitrogen and oxygen atoms in total. The first-order chi connectivity index (χ1) is 15.4. The van der Waals surface area contributed by atoms with Gasteiger partial charge in [0, 0.05) is 17.3 Å². The molecule has 4 aromatic rings. The van der Waals surface area contributed by atoms with Gasteiger partial charge in [-0.1, -0.05) is 0 Å². The van der Waals surface area contributed by atoms with E-state index in [-0.39, 0.29) is 11.3 Å². The summed E-state index contributed by atoms with van der Waals surface area (Å²) in [6, 6.07) is 11.8. The van der Waals surface area contributed by atoms with Crippen molar-refractivity contribution >= 4 is 33.5 Å². The number of aryl methyl sites for hydroxylation is 2. The van der Waals surface area contributed by atoms with E-state index >= 15 is 0 Å². The molecule has 7 heteroatoms. The molecule has 0 spiro atoms. The molecule has 1 aromatic heterocycles. The maximum Gasteiger partial charge on any atom is 0.255 e. The van der Waals surface area contributed by atoms with E-state index in [4.69, 9.17) is 18.6 Å². The normalized spacial score (nSPS) is 10.9. The van der Waals surface area contributed by atoms with E-state index in [9.17, 15) is 9.59 Å². The summed E-state index contributed by atoms with van der Waals surface area (Å²) in [6.07, 6.45) is 0. The topological polar surface area (TPSA) is 87.0 Å². The summed E-state index contributed by atoms with van der Waals surface area (Å²) in [5.74, 6) is 0.770. The van der Waals surface area contributed by atoms with Crippen LogP contribution in [0.4, 0.5) is 5.69 Å². The smallest absolute Gasteiger partial charge is 0.255 e. The maximum absolute atomic E-state index is 12.9. The molecule has 0 aliphatic rings. The molecule has 1 N–H and O–H groups in total. The fraction of sp³-hybridized carbons (Fsp3) is 0.200. The van der Waals surface area contributed by atoms with Crippen molar-refractivity contribution in [3.05, 3.63) is 69.4 Å². The van der Waals surface area contributed by atoms with Gasteiger partial charge in [0.25, 0.3) is 5.91 Å². The van der Waals surface area contributed by atoms with Gasteiger partial charge in [0.2, 0.25) is 11.2 Å². The molecule has 0 fully saturated rings. The lowest BCUT2D eigenvalue weighted by molar-refractivity contribution is 0.102. The lowest BCUT2D eigenvalue weighted by Crippen LogP contribution is -2.13. The van der Waals surface area contributed by atoms with Crippen molar-refractivity contribution in [1.82, 2.24) is 0 Å². The molecule has 0 radical (unpaired) electrons. The van der Waals surface area contributed by atoms with Crippen LogP contribution in [0.2, 0.25) is 0 Å². The van der Waals surface area contributed by atoms with E-state index in [1.165, 1.54) is 21.3 Å².